The van der Waals surface area contributed by atoms with E-state index in [1.807, 2.05) is 0 Å². The van der Waals surface area contributed by atoms with E-state index >= 15 is 0 Å². The molecule has 0 aliphatic heterocycles. The summed E-state index contributed by atoms with van der Waals surface area (Å²) >= 11 is 0. The average Bonchev–Trinajstić information content (AvgIpc) is 2.57. The van der Waals surface area contributed by atoms with Crippen molar-refractivity contribution in [2.75, 3.05) is 0 Å². The highest BCUT2D eigenvalue weighted by Crippen LogP contribution is 2.32. The second-order valence-corrected chi connectivity index (χ2v) is 4.98. The summed E-state index contributed by atoms with van der Waals surface area (Å²) in [6.07, 6.45) is 1.49. The first-order valence-electron chi connectivity index (χ1n) is 6.58. The maximum atomic E-state index is 14.3. The van der Waals surface area contributed by atoms with E-state index in [1.54, 1.807) is 42.5 Å². The Bertz CT molecular complexity index is 987. The fourth-order valence-corrected chi connectivity index (χ4v) is 2.87. The van der Waals surface area contributed by atoms with Gasteiger partial charge in [0.05, 0.1) is 10.8 Å². The lowest BCUT2D eigenvalue weighted by molar-refractivity contribution is -0.482. The van der Waals surface area contributed by atoms with Gasteiger partial charge in [0.25, 0.3) is 5.52 Å². The number of nitrogens with zero attached hydrogens (tertiary/aromatic N) is 1. The number of fused-ring (bicyclic) bond motifs is 6. The van der Waals surface area contributed by atoms with E-state index in [0.29, 0.717) is 16.3 Å². The summed E-state index contributed by atoms with van der Waals surface area (Å²) in [7, 11) is 0. The van der Waals surface area contributed by atoms with Gasteiger partial charge in [-0.05, 0) is 12.1 Å². The van der Waals surface area contributed by atoms with Crippen molar-refractivity contribution in [3.63, 3.8) is 0 Å². The molecule has 5 heteroatoms. The summed E-state index contributed by atoms with van der Waals surface area (Å²) in [5, 5.41) is 0.689. The predicted molar refractivity (Wildman–Crippen MR) is 74.4 cm³/mol. The Morgan fingerprint density at radius 3 is 2.05 bits per heavy atom. The van der Waals surface area contributed by atoms with Gasteiger partial charge in [0.1, 0.15) is 0 Å². The van der Waals surface area contributed by atoms with Gasteiger partial charge in [-0.25, -0.2) is 13.2 Å². The fourth-order valence-electron chi connectivity index (χ4n) is 2.87. The molecule has 0 aliphatic carbocycles. The van der Waals surface area contributed by atoms with Crippen LogP contribution >= 0.6 is 0 Å². The van der Waals surface area contributed by atoms with Gasteiger partial charge in [0.2, 0.25) is 17.2 Å². The minimum Gasteiger partial charge on any atom is -0.203 e. The zero-order chi connectivity index (χ0) is 15.4. The van der Waals surface area contributed by atoms with E-state index in [9.17, 15) is 17.6 Å². The average molecular weight is 302 g/mol. The van der Waals surface area contributed by atoms with Crippen LogP contribution in [-0.4, -0.2) is 0 Å². The SMILES string of the molecule is Fc1c(F)c(F)c2c(c1F)c1ccccc1c1cccc[n+]12. The molecule has 0 saturated heterocycles. The van der Waals surface area contributed by atoms with Crippen molar-refractivity contribution in [2.24, 2.45) is 0 Å². The molecule has 108 valence electrons. The van der Waals surface area contributed by atoms with Crippen molar-refractivity contribution in [2.45, 2.75) is 0 Å². The number of hydrogen-bond acceptors (Lipinski definition) is 0. The molecule has 4 aromatic rings. The number of rotatable bonds is 0. The molecule has 2 heterocycles. The third-order valence-corrected chi connectivity index (χ3v) is 3.82. The summed E-state index contributed by atoms with van der Waals surface area (Å²) in [5.41, 5.74) is 0.264. The summed E-state index contributed by atoms with van der Waals surface area (Å²) in [5.74, 6) is -6.40. The molecule has 0 amide bonds. The summed E-state index contributed by atoms with van der Waals surface area (Å²) in [6, 6.07) is 11.7. The van der Waals surface area contributed by atoms with Crippen LogP contribution in [0.3, 0.4) is 0 Å². The van der Waals surface area contributed by atoms with Crippen molar-refractivity contribution in [1.29, 1.82) is 0 Å². The van der Waals surface area contributed by atoms with Gasteiger partial charge in [-0.2, -0.15) is 8.79 Å². The van der Waals surface area contributed by atoms with E-state index in [0.717, 1.165) is 0 Å². The molecule has 0 atom stereocenters. The Hall–Kier alpha value is -2.69. The lowest BCUT2D eigenvalue weighted by atomic mass is 10.0. The van der Waals surface area contributed by atoms with Gasteiger partial charge in [-0.15, -0.1) is 0 Å². The first kappa shape index (κ1) is 13.0. The topological polar surface area (TPSA) is 4.10 Å². The summed E-state index contributed by atoms with van der Waals surface area (Å²) < 4.78 is 57.2. The standard InChI is InChI=1S/C17H8F4N/c18-13-12-10-6-2-1-5-9(10)11-7-3-4-8-22(11)17(12)16(21)15(20)14(13)19/h1-8H/q+1. The van der Waals surface area contributed by atoms with Crippen molar-refractivity contribution in [3.05, 3.63) is 71.9 Å². The number of pyridine rings is 2. The van der Waals surface area contributed by atoms with Crippen LogP contribution < -0.4 is 4.40 Å². The number of aromatic nitrogens is 1. The van der Waals surface area contributed by atoms with E-state index in [4.69, 9.17) is 0 Å². The van der Waals surface area contributed by atoms with E-state index < -0.39 is 23.3 Å². The molecule has 0 radical (unpaired) electrons. The smallest absolute Gasteiger partial charge is 0.203 e. The molecule has 1 nitrogen and oxygen atoms in total. The Morgan fingerprint density at radius 2 is 1.27 bits per heavy atom. The highest BCUT2D eigenvalue weighted by Gasteiger charge is 2.29. The molecule has 0 N–H and O–H groups in total. The molecule has 2 aromatic carbocycles. The van der Waals surface area contributed by atoms with Crippen LogP contribution in [-0.2, 0) is 0 Å². The molecule has 2 aromatic heterocycles. The first-order valence-corrected chi connectivity index (χ1v) is 6.58. The molecule has 0 bridgehead atoms. The Morgan fingerprint density at radius 1 is 0.636 bits per heavy atom. The Labute approximate surface area is 122 Å². The maximum Gasteiger partial charge on any atom is 0.261 e. The van der Waals surface area contributed by atoms with E-state index in [2.05, 4.69) is 0 Å². The molecule has 4 rings (SSSR count). The van der Waals surface area contributed by atoms with Crippen LogP contribution in [0.5, 0.6) is 0 Å². The molecule has 0 saturated carbocycles. The Kier molecular flexibility index (Phi) is 2.60. The normalized spacial score (nSPS) is 11.6. The second-order valence-electron chi connectivity index (χ2n) is 4.98. The molecular formula is C17H8F4N+. The lowest BCUT2D eigenvalue weighted by Crippen LogP contribution is -2.25. The van der Waals surface area contributed by atoms with Crippen molar-refractivity contribution < 1.29 is 22.0 Å². The van der Waals surface area contributed by atoms with E-state index in [1.165, 1.54) is 10.6 Å². The zero-order valence-electron chi connectivity index (χ0n) is 11.1. The van der Waals surface area contributed by atoms with Crippen LogP contribution in [0.1, 0.15) is 0 Å². The molecule has 0 spiro atoms. The minimum absolute atomic E-state index is 0.268. The summed E-state index contributed by atoms with van der Waals surface area (Å²) in [6.45, 7) is 0. The van der Waals surface area contributed by atoms with Gasteiger partial charge < -0.3 is 0 Å². The molecule has 22 heavy (non-hydrogen) atoms. The van der Waals surface area contributed by atoms with Crippen molar-refractivity contribution in [1.82, 2.24) is 0 Å². The van der Waals surface area contributed by atoms with Gasteiger partial charge >= 0.3 is 0 Å². The maximum absolute atomic E-state index is 14.3. The fraction of sp³-hybridized carbons (Fsp3) is 0. The van der Waals surface area contributed by atoms with Crippen LogP contribution in [0.15, 0.2) is 48.7 Å². The van der Waals surface area contributed by atoms with Crippen molar-refractivity contribution in [3.8, 4) is 0 Å². The lowest BCUT2D eigenvalue weighted by Gasteiger charge is -2.07. The summed E-state index contributed by atoms with van der Waals surface area (Å²) in [4.78, 5) is 0. The van der Waals surface area contributed by atoms with Gasteiger partial charge in [0.15, 0.2) is 17.8 Å². The van der Waals surface area contributed by atoms with Gasteiger partial charge in [0, 0.05) is 17.5 Å². The zero-order valence-corrected chi connectivity index (χ0v) is 11.1. The monoisotopic (exact) mass is 302 g/mol. The highest BCUT2D eigenvalue weighted by atomic mass is 19.2. The van der Waals surface area contributed by atoms with Crippen LogP contribution in [0, 0.1) is 23.3 Å². The van der Waals surface area contributed by atoms with Crippen molar-refractivity contribution >= 4 is 27.2 Å². The third kappa shape index (κ3) is 1.51. The Balaban J connectivity index is 2.50. The predicted octanol–water partition coefficient (Wildman–Crippen LogP) is 4.29. The highest BCUT2D eigenvalue weighted by molar-refractivity contribution is 6.09. The molecule has 0 fully saturated rings. The van der Waals surface area contributed by atoms with Crippen LogP contribution in [0.4, 0.5) is 17.6 Å². The minimum atomic E-state index is -1.81. The van der Waals surface area contributed by atoms with Gasteiger partial charge in [-0.1, -0.05) is 18.2 Å². The van der Waals surface area contributed by atoms with Gasteiger partial charge in [-0.3, -0.25) is 0 Å². The second kappa shape index (κ2) is 4.40. The number of hydrogen-bond donors (Lipinski definition) is 0. The number of halogens is 4. The molecule has 0 aliphatic rings. The largest absolute Gasteiger partial charge is 0.261 e. The molecule has 0 unspecified atom stereocenters. The van der Waals surface area contributed by atoms with Crippen LogP contribution in [0.25, 0.3) is 27.2 Å². The quantitative estimate of drug-likeness (QED) is 0.150. The first-order chi connectivity index (χ1) is 10.6. The van der Waals surface area contributed by atoms with Crippen LogP contribution in [0.2, 0.25) is 0 Å². The number of benzene rings is 2. The third-order valence-electron chi connectivity index (χ3n) is 3.82. The molecular weight excluding hydrogens is 294 g/mol. The van der Waals surface area contributed by atoms with E-state index in [-0.39, 0.29) is 10.9 Å².